The molecule has 0 aromatic heterocycles. The van der Waals surface area contributed by atoms with Crippen LogP contribution in [0.25, 0.3) is 0 Å². The number of hydrogen-bond donors (Lipinski definition) is 2. The van der Waals surface area contributed by atoms with Gasteiger partial charge >= 0.3 is 0 Å². The minimum absolute atomic E-state index is 0.672. The Bertz CT molecular complexity index is 562. The highest BCUT2D eigenvalue weighted by atomic mass is 16.5. The molecular weight excluding hydrogens is 316 g/mol. The maximum atomic E-state index is 5.36. The van der Waals surface area contributed by atoms with Crippen molar-refractivity contribution in [1.29, 1.82) is 0 Å². The third kappa shape index (κ3) is 5.81. The highest BCUT2D eigenvalue weighted by Gasteiger charge is 2.17. The molecular formula is C19H32N4O2. The van der Waals surface area contributed by atoms with Crippen molar-refractivity contribution in [3.8, 4) is 11.5 Å². The molecule has 1 aliphatic rings. The average Bonchev–Trinajstić information content (AvgIpc) is 2.63. The maximum absolute atomic E-state index is 5.36. The van der Waals surface area contributed by atoms with E-state index in [4.69, 9.17) is 14.5 Å². The summed E-state index contributed by atoms with van der Waals surface area (Å²) in [6.07, 6.45) is 3.95. The van der Waals surface area contributed by atoms with Crippen LogP contribution in [0.3, 0.4) is 0 Å². The minimum atomic E-state index is 0.672. The van der Waals surface area contributed by atoms with Crippen LogP contribution in [0.1, 0.15) is 33.1 Å². The summed E-state index contributed by atoms with van der Waals surface area (Å²) in [6.45, 7) is 8.18. The molecule has 6 heteroatoms. The lowest BCUT2D eigenvalue weighted by Crippen LogP contribution is -2.39. The summed E-state index contributed by atoms with van der Waals surface area (Å²) >= 11 is 0. The second kappa shape index (κ2) is 10.1. The number of aliphatic imine (C=N–C) groups is 1. The lowest BCUT2D eigenvalue weighted by molar-refractivity contribution is 0.166. The fraction of sp³-hybridized carbons (Fsp3) is 0.632. The van der Waals surface area contributed by atoms with Crippen molar-refractivity contribution in [3.05, 3.63) is 18.2 Å². The summed E-state index contributed by atoms with van der Waals surface area (Å²) in [5.74, 6) is 2.21. The second-order valence-corrected chi connectivity index (χ2v) is 6.34. The van der Waals surface area contributed by atoms with Crippen LogP contribution in [0, 0.1) is 0 Å². The van der Waals surface area contributed by atoms with E-state index in [-0.39, 0.29) is 0 Å². The summed E-state index contributed by atoms with van der Waals surface area (Å²) in [5, 5.41) is 6.63. The molecule has 1 heterocycles. The number of piperidine rings is 1. The molecule has 2 N–H and O–H groups in total. The summed E-state index contributed by atoms with van der Waals surface area (Å²) in [7, 11) is 3.28. The van der Waals surface area contributed by atoms with E-state index in [1.54, 1.807) is 14.2 Å². The molecule has 6 nitrogen and oxygen atoms in total. The Labute approximate surface area is 151 Å². The molecule has 1 saturated heterocycles. The van der Waals surface area contributed by atoms with E-state index < -0.39 is 0 Å². The molecule has 0 spiro atoms. The highest BCUT2D eigenvalue weighted by molar-refractivity contribution is 5.93. The van der Waals surface area contributed by atoms with Crippen molar-refractivity contribution in [1.82, 2.24) is 10.2 Å². The molecule has 25 heavy (non-hydrogen) atoms. The first-order valence-corrected chi connectivity index (χ1v) is 9.19. The van der Waals surface area contributed by atoms with Crippen LogP contribution in [0.5, 0.6) is 11.5 Å². The van der Waals surface area contributed by atoms with Crippen molar-refractivity contribution >= 4 is 11.6 Å². The van der Waals surface area contributed by atoms with Crippen molar-refractivity contribution < 1.29 is 9.47 Å². The molecule has 140 valence electrons. The Morgan fingerprint density at radius 1 is 1.24 bits per heavy atom. The predicted octanol–water partition coefficient (Wildman–Crippen LogP) is 2.96. The quantitative estimate of drug-likeness (QED) is 0.586. The number of methoxy groups -OCH3 is 2. The largest absolute Gasteiger partial charge is 0.493 e. The molecule has 0 aliphatic carbocycles. The molecule has 1 atom stereocenters. The van der Waals surface area contributed by atoms with Crippen LogP contribution in [0.15, 0.2) is 23.2 Å². The zero-order valence-corrected chi connectivity index (χ0v) is 16.0. The third-order valence-corrected chi connectivity index (χ3v) is 4.59. The summed E-state index contributed by atoms with van der Waals surface area (Å²) in [6, 6.07) is 6.43. The standard InChI is InChI=1S/C19H32N4O2/c1-5-20-19(21-11-13-23-12-7-6-8-15(23)2)22-16-9-10-17(24-3)18(14-16)25-4/h9-10,14-15H,5-8,11-13H2,1-4H3,(H2,20,21,22). The average molecular weight is 348 g/mol. The highest BCUT2D eigenvalue weighted by Crippen LogP contribution is 2.29. The molecule has 1 fully saturated rings. The predicted molar refractivity (Wildman–Crippen MR) is 104 cm³/mol. The van der Waals surface area contributed by atoms with Gasteiger partial charge in [-0.3, -0.25) is 9.89 Å². The topological polar surface area (TPSA) is 58.1 Å². The van der Waals surface area contributed by atoms with Gasteiger partial charge in [0.2, 0.25) is 0 Å². The summed E-state index contributed by atoms with van der Waals surface area (Å²) < 4.78 is 10.6. The number of benzene rings is 1. The lowest BCUT2D eigenvalue weighted by Gasteiger charge is -2.32. The number of anilines is 1. The second-order valence-electron chi connectivity index (χ2n) is 6.34. The lowest BCUT2D eigenvalue weighted by atomic mass is 10.0. The number of nitrogens with zero attached hydrogens (tertiary/aromatic N) is 2. The normalized spacial score (nSPS) is 18.7. The van der Waals surface area contributed by atoms with E-state index in [1.807, 2.05) is 18.2 Å². The van der Waals surface area contributed by atoms with Crippen molar-refractivity contribution in [2.75, 3.05) is 45.7 Å². The van der Waals surface area contributed by atoms with Gasteiger partial charge in [-0.25, -0.2) is 0 Å². The zero-order valence-electron chi connectivity index (χ0n) is 16.0. The smallest absolute Gasteiger partial charge is 0.195 e. The first-order chi connectivity index (χ1) is 12.2. The summed E-state index contributed by atoms with van der Waals surface area (Å²) in [5.41, 5.74) is 0.920. The maximum Gasteiger partial charge on any atom is 0.195 e. The van der Waals surface area contributed by atoms with Crippen molar-refractivity contribution in [2.24, 2.45) is 4.99 Å². The minimum Gasteiger partial charge on any atom is -0.493 e. The zero-order chi connectivity index (χ0) is 18.1. The fourth-order valence-corrected chi connectivity index (χ4v) is 3.14. The van der Waals surface area contributed by atoms with Crippen molar-refractivity contribution in [3.63, 3.8) is 0 Å². The first kappa shape index (κ1) is 19.4. The van der Waals surface area contributed by atoms with Crippen LogP contribution in [-0.2, 0) is 0 Å². The van der Waals surface area contributed by atoms with Gasteiger partial charge in [0, 0.05) is 30.9 Å². The molecule has 0 amide bonds. The molecule has 1 aromatic rings. The van der Waals surface area contributed by atoms with Gasteiger partial charge in [-0.2, -0.15) is 0 Å². The van der Waals surface area contributed by atoms with Crippen molar-refractivity contribution in [2.45, 2.75) is 39.2 Å². The SMILES string of the molecule is CCNC(=NCCN1CCCCC1C)Nc1ccc(OC)c(OC)c1. The molecule has 1 unspecified atom stereocenters. The number of likely N-dealkylation sites (tertiary alicyclic amines) is 1. The van der Waals surface area contributed by atoms with Gasteiger partial charge in [-0.15, -0.1) is 0 Å². The van der Waals surface area contributed by atoms with Gasteiger partial charge in [0.1, 0.15) is 0 Å². The molecule has 0 saturated carbocycles. The van der Waals surface area contributed by atoms with E-state index in [9.17, 15) is 0 Å². The van der Waals surface area contributed by atoms with Crippen LogP contribution in [0.4, 0.5) is 5.69 Å². The van der Waals surface area contributed by atoms with E-state index in [2.05, 4.69) is 29.4 Å². The number of hydrogen-bond acceptors (Lipinski definition) is 4. The van der Waals surface area contributed by atoms with E-state index in [0.29, 0.717) is 17.5 Å². The van der Waals surface area contributed by atoms with Gasteiger partial charge in [0.15, 0.2) is 17.5 Å². The Hall–Kier alpha value is -1.95. The monoisotopic (exact) mass is 348 g/mol. The number of ether oxygens (including phenoxy) is 2. The van der Waals surface area contributed by atoms with Crippen LogP contribution in [-0.4, -0.2) is 57.3 Å². The van der Waals surface area contributed by atoms with Gasteiger partial charge in [0.05, 0.1) is 20.8 Å². The Morgan fingerprint density at radius 3 is 2.72 bits per heavy atom. The third-order valence-electron chi connectivity index (χ3n) is 4.59. The van der Waals surface area contributed by atoms with Gasteiger partial charge in [0.25, 0.3) is 0 Å². The molecule has 0 bridgehead atoms. The Balaban J connectivity index is 1.97. The number of nitrogens with one attached hydrogen (secondary N) is 2. The number of guanidine groups is 1. The molecule has 2 rings (SSSR count). The van der Waals surface area contributed by atoms with Gasteiger partial charge in [-0.1, -0.05) is 6.42 Å². The summed E-state index contributed by atoms with van der Waals surface area (Å²) in [4.78, 5) is 7.25. The van der Waals surface area contributed by atoms with E-state index in [1.165, 1.54) is 25.8 Å². The molecule has 1 aliphatic heterocycles. The van der Waals surface area contributed by atoms with Crippen LogP contribution >= 0.6 is 0 Å². The fourth-order valence-electron chi connectivity index (χ4n) is 3.14. The first-order valence-electron chi connectivity index (χ1n) is 9.19. The van der Waals surface area contributed by atoms with Gasteiger partial charge < -0.3 is 20.1 Å². The molecule has 0 radical (unpaired) electrons. The molecule has 1 aromatic carbocycles. The Kier molecular flexibility index (Phi) is 7.85. The number of rotatable bonds is 7. The Morgan fingerprint density at radius 2 is 2.04 bits per heavy atom. The van der Waals surface area contributed by atoms with Crippen LogP contribution in [0.2, 0.25) is 0 Å². The van der Waals surface area contributed by atoms with Crippen LogP contribution < -0.4 is 20.1 Å². The van der Waals surface area contributed by atoms with Gasteiger partial charge in [-0.05, 0) is 45.4 Å². The van der Waals surface area contributed by atoms with E-state index >= 15 is 0 Å². The van der Waals surface area contributed by atoms with E-state index in [0.717, 1.165) is 31.3 Å².